The number of hydrogen-bond acceptors (Lipinski definition) is 6. The van der Waals surface area contributed by atoms with Crippen LogP contribution in [-0.4, -0.2) is 61.3 Å². The molecule has 7 nitrogen and oxygen atoms in total. The van der Waals surface area contributed by atoms with Gasteiger partial charge in [0.2, 0.25) is 0 Å². The predicted molar refractivity (Wildman–Crippen MR) is 81.8 cm³/mol. The summed E-state index contributed by atoms with van der Waals surface area (Å²) in [5.74, 6) is -0.452. The molecule has 2 aliphatic heterocycles. The van der Waals surface area contributed by atoms with E-state index in [1.807, 2.05) is 0 Å². The van der Waals surface area contributed by atoms with Crippen molar-refractivity contribution in [3.63, 3.8) is 0 Å². The molecule has 0 aromatic carbocycles. The van der Waals surface area contributed by atoms with Gasteiger partial charge < -0.3 is 18.9 Å². The zero-order valence-electron chi connectivity index (χ0n) is 14.4. The lowest BCUT2D eigenvalue weighted by Crippen LogP contribution is -2.44. The Morgan fingerprint density at radius 2 is 1.96 bits per heavy atom. The van der Waals surface area contributed by atoms with Gasteiger partial charge in [-0.15, -0.1) is 0 Å². The molecule has 0 N–H and O–H groups in total. The van der Waals surface area contributed by atoms with Crippen molar-refractivity contribution in [1.29, 1.82) is 0 Å². The van der Waals surface area contributed by atoms with Gasteiger partial charge in [0, 0.05) is 13.0 Å². The molecule has 132 valence electrons. The van der Waals surface area contributed by atoms with Crippen LogP contribution in [0.4, 0.5) is 4.79 Å². The molecule has 1 amide bonds. The molecule has 7 heteroatoms. The number of carbonyl (C=O) groups excluding carboxylic acids is 2. The predicted octanol–water partition coefficient (Wildman–Crippen LogP) is 2.08. The van der Waals surface area contributed by atoms with Crippen molar-refractivity contribution < 1.29 is 28.5 Å². The molecule has 0 bridgehead atoms. The van der Waals surface area contributed by atoms with Crippen molar-refractivity contribution in [3.8, 4) is 0 Å². The van der Waals surface area contributed by atoms with Crippen LogP contribution in [0.2, 0.25) is 0 Å². The molecule has 23 heavy (non-hydrogen) atoms. The Morgan fingerprint density at radius 3 is 2.52 bits per heavy atom. The highest BCUT2D eigenvalue weighted by atomic mass is 16.7. The van der Waals surface area contributed by atoms with Crippen molar-refractivity contribution in [1.82, 2.24) is 4.90 Å². The van der Waals surface area contributed by atoms with Gasteiger partial charge in [-0.25, -0.2) is 9.59 Å². The number of rotatable bonds is 3. The average molecular weight is 329 g/mol. The van der Waals surface area contributed by atoms with Crippen LogP contribution in [0.25, 0.3) is 0 Å². The standard InChI is InChI=1S/C16H27NO6/c1-16(2,3)23-15(19)17-10-11(9-12(17)14(18)20-4)22-13-7-5-6-8-21-13/h11-13H,5-10H2,1-4H3/t11-,12+,13?/m1/s1. The van der Waals surface area contributed by atoms with Gasteiger partial charge in [-0.05, 0) is 40.0 Å². The number of esters is 1. The minimum absolute atomic E-state index is 0.255. The molecule has 2 fully saturated rings. The van der Waals surface area contributed by atoms with Crippen LogP contribution in [0.5, 0.6) is 0 Å². The maximum atomic E-state index is 12.3. The smallest absolute Gasteiger partial charge is 0.411 e. The highest BCUT2D eigenvalue weighted by molar-refractivity contribution is 5.82. The van der Waals surface area contributed by atoms with E-state index in [9.17, 15) is 9.59 Å². The van der Waals surface area contributed by atoms with Crippen molar-refractivity contribution in [2.75, 3.05) is 20.3 Å². The minimum atomic E-state index is -0.677. The van der Waals surface area contributed by atoms with Crippen molar-refractivity contribution in [2.45, 2.75) is 70.5 Å². The van der Waals surface area contributed by atoms with Crippen LogP contribution in [0.15, 0.2) is 0 Å². The van der Waals surface area contributed by atoms with E-state index in [-0.39, 0.29) is 12.4 Å². The van der Waals surface area contributed by atoms with Gasteiger partial charge in [0.25, 0.3) is 0 Å². The van der Waals surface area contributed by atoms with Crippen LogP contribution >= 0.6 is 0 Å². The third kappa shape index (κ3) is 5.07. The monoisotopic (exact) mass is 329 g/mol. The molecule has 2 aliphatic rings. The number of methoxy groups -OCH3 is 1. The Labute approximate surface area is 137 Å². The Kier molecular flexibility index (Phi) is 5.86. The number of ether oxygens (including phenoxy) is 4. The lowest BCUT2D eigenvalue weighted by molar-refractivity contribution is -0.185. The molecule has 0 aromatic heterocycles. The highest BCUT2D eigenvalue weighted by Gasteiger charge is 2.43. The SMILES string of the molecule is COC(=O)[C@@H]1C[C@@H](OC2CCCCO2)CN1C(=O)OC(C)(C)C. The van der Waals surface area contributed by atoms with Gasteiger partial charge in [-0.3, -0.25) is 4.90 Å². The topological polar surface area (TPSA) is 74.3 Å². The molecular formula is C16H27NO6. The molecule has 1 unspecified atom stereocenters. The van der Waals surface area contributed by atoms with E-state index in [1.54, 1.807) is 20.8 Å². The van der Waals surface area contributed by atoms with E-state index in [2.05, 4.69) is 0 Å². The fourth-order valence-electron chi connectivity index (χ4n) is 2.81. The van der Waals surface area contributed by atoms with E-state index < -0.39 is 23.7 Å². The summed E-state index contributed by atoms with van der Waals surface area (Å²) in [6, 6.07) is -0.677. The first-order valence-electron chi connectivity index (χ1n) is 8.14. The number of nitrogens with zero attached hydrogens (tertiary/aromatic N) is 1. The summed E-state index contributed by atoms with van der Waals surface area (Å²) in [5, 5.41) is 0. The summed E-state index contributed by atoms with van der Waals surface area (Å²) in [6.07, 6.45) is 2.30. The summed E-state index contributed by atoms with van der Waals surface area (Å²) >= 11 is 0. The fourth-order valence-corrected chi connectivity index (χ4v) is 2.81. The third-order valence-electron chi connectivity index (χ3n) is 3.85. The van der Waals surface area contributed by atoms with Gasteiger partial charge in [0.15, 0.2) is 6.29 Å². The number of amides is 1. The van der Waals surface area contributed by atoms with Gasteiger partial charge >= 0.3 is 12.1 Å². The van der Waals surface area contributed by atoms with E-state index in [0.29, 0.717) is 19.6 Å². The van der Waals surface area contributed by atoms with Crippen LogP contribution in [0.1, 0.15) is 46.5 Å². The van der Waals surface area contributed by atoms with E-state index in [1.165, 1.54) is 12.0 Å². The summed E-state index contributed by atoms with van der Waals surface area (Å²) in [5.41, 5.74) is -0.622. The Hall–Kier alpha value is -1.34. The Bertz CT molecular complexity index is 427. The largest absolute Gasteiger partial charge is 0.467 e. The second kappa shape index (κ2) is 7.49. The average Bonchev–Trinajstić information content (AvgIpc) is 2.90. The quantitative estimate of drug-likeness (QED) is 0.738. The fraction of sp³-hybridized carbons (Fsp3) is 0.875. The normalized spacial score (nSPS) is 28.5. The zero-order valence-corrected chi connectivity index (χ0v) is 14.4. The lowest BCUT2D eigenvalue weighted by Gasteiger charge is -2.27. The molecule has 2 saturated heterocycles. The van der Waals surface area contributed by atoms with E-state index in [0.717, 1.165) is 19.3 Å². The van der Waals surface area contributed by atoms with Crippen molar-refractivity contribution in [2.24, 2.45) is 0 Å². The molecule has 0 saturated carbocycles. The second-order valence-electron chi connectivity index (χ2n) is 6.96. The first kappa shape index (κ1) is 18.0. The number of carbonyl (C=O) groups is 2. The summed E-state index contributed by atoms with van der Waals surface area (Å²) in [4.78, 5) is 25.7. The molecule has 3 atom stereocenters. The third-order valence-corrected chi connectivity index (χ3v) is 3.85. The second-order valence-corrected chi connectivity index (χ2v) is 6.96. The van der Waals surface area contributed by atoms with Gasteiger partial charge in [0.1, 0.15) is 11.6 Å². The molecule has 0 aromatic rings. The van der Waals surface area contributed by atoms with E-state index in [4.69, 9.17) is 18.9 Å². The van der Waals surface area contributed by atoms with Crippen LogP contribution in [0, 0.1) is 0 Å². The minimum Gasteiger partial charge on any atom is -0.467 e. The van der Waals surface area contributed by atoms with Crippen LogP contribution in [-0.2, 0) is 23.7 Å². The Balaban J connectivity index is 2.00. The van der Waals surface area contributed by atoms with Crippen LogP contribution < -0.4 is 0 Å². The maximum Gasteiger partial charge on any atom is 0.411 e. The number of likely N-dealkylation sites (tertiary alicyclic amines) is 1. The molecule has 2 rings (SSSR count). The summed E-state index contributed by atoms with van der Waals surface area (Å²) < 4.78 is 21.7. The molecule has 0 aliphatic carbocycles. The summed E-state index contributed by atoms with van der Waals surface area (Å²) in [7, 11) is 1.31. The Morgan fingerprint density at radius 1 is 1.22 bits per heavy atom. The number of hydrogen-bond donors (Lipinski definition) is 0. The summed E-state index contributed by atoms with van der Waals surface area (Å²) in [6.45, 7) is 6.36. The van der Waals surface area contributed by atoms with Gasteiger partial charge in [-0.1, -0.05) is 0 Å². The van der Waals surface area contributed by atoms with Crippen LogP contribution in [0.3, 0.4) is 0 Å². The molecule has 2 heterocycles. The molecular weight excluding hydrogens is 302 g/mol. The van der Waals surface area contributed by atoms with Gasteiger partial charge in [-0.2, -0.15) is 0 Å². The first-order chi connectivity index (χ1) is 10.8. The highest BCUT2D eigenvalue weighted by Crippen LogP contribution is 2.26. The van der Waals surface area contributed by atoms with Crippen molar-refractivity contribution in [3.05, 3.63) is 0 Å². The molecule has 0 spiro atoms. The lowest BCUT2D eigenvalue weighted by atomic mass is 10.2. The first-order valence-corrected chi connectivity index (χ1v) is 8.14. The maximum absolute atomic E-state index is 12.3. The zero-order chi connectivity index (χ0) is 17.0. The van der Waals surface area contributed by atoms with Gasteiger partial charge in [0.05, 0.1) is 19.8 Å². The van der Waals surface area contributed by atoms with Crippen molar-refractivity contribution >= 4 is 12.1 Å². The van der Waals surface area contributed by atoms with E-state index >= 15 is 0 Å². The molecule has 0 radical (unpaired) electrons.